The molecule has 2 N–H and O–H groups in total. The molecule has 7 heteroatoms. The number of halogens is 1. The topological polar surface area (TPSA) is 76.0 Å². The van der Waals surface area contributed by atoms with Crippen molar-refractivity contribution in [2.24, 2.45) is 7.05 Å². The van der Waals surface area contributed by atoms with E-state index in [0.717, 1.165) is 24.0 Å². The van der Waals surface area contributed by atoms with Crippen molar-refractivity contribution in [1.29, 1.82) is 0 Å². The van der Waals surface area contributed by atoms with E-state index in [-0.39, 0.29) is 11.8 Å². The zero-order valence-corrected chi connectivity index (χ0v) is 18.6. The predicted molar refractivity (Wildman–Crippen MR) is 128 cm³/mol. The van der Waals surface area contributed by atoms with Crippen LogP contribution in [0, 0.1) is 6.92 Å². The first-order valence-corrected chi connectivity index (χ1v) is 10.7. The molecule has 0 saturated carbocycles. The second-order valence-electron chi connectivity index (χ2n) is 7.59. The summed E-state index contributed by atoms with van der Waals surface area (Å²) < 4.78 is 1.63. The van der Waals surface area contributed by atoms with Gasteiger partial charge < -0.3 is 10.6 Å². The number of aromatic nitrogens is 2. The Morgan fingerprint density at radius 2 is 1.69 bits per heavy atom. The number of amides is 2. The fourth-order valence-corrected chi connectivity index (χ4v) is 3.78. The summed E-state index contributed by atoms with van der Waals surface area (Å²) in [6.07, 6.45) is 5.37. The number of anilines is 2. The smallest absolute Gasteiger partial charge is 0.257 e. The SMILES string of the molecule is Cc1ccccc1C(=O)Nc1cc(-c2ccc(NC(=O)C3=CCCC=C3Cl)cc2)nn1C. The summed E-state index contributed by atoms with van der Waals surface area (Å²) in [5, 5.41) is 10.8. The summed E-state index contributed by atoms with van der Waals surface area (Å²) in [4.78, 5) is 25.1. The molecular formula is C25H23ClN4O2. The molecule has 0 fully saturated rings. The number of hydrogen-bond acceptors (Lipinski definition) is 3. The first-order valence-electron chi connectivity index (χ1n) is 10.3. The lowest BCUT2D eigenvalue weighted by Gasteiger charge is -2.11. The van der Waals surface area contributed by atoms with Gasteiger partial charge in [-0.05, 0) is 43.5 Å². The quantitative estimate of drug-likeness (QED) is 0.548. The van der Waals surface area contributed by atoms with Gasteiger partial charge in [-0.15, -0.1) is 0 Å². The van der Waals surface area contributed by atoms with E-state index in [1.165, 1.54) is 0 Å². The monoisotopic (exact) mass is 446 g/mol. The predicted octanol–water partition coefficient (Wildman–Crippen LogP) is 5.43. The zero-order chi connectivity index (χ0) is 22.7. The van der Waals surface area contributed by atoms with E-state index in [1.807, 2.05) is 67.6 Å². The largest absolute Gasteiger partial charge is 0.322 e. The van der Waals surface area contributed by atoms with Crippen LogP contribution >= 0.6 is 11.6 Å². The van der Waals surface area contributed by atoms with Crippen LogP contribution in [0.3, 0.4) is 0 Å². The van der Waals surface area contributed by atoms with E-state index in [9.17, 15) is 9.59 Å². The Hall–Kier alpha value is -3.64. The standard InChI is InChI=1S/C25H23ClN4O2/c1-16-7-3-4-8-19(16)24(31)28-23-15-22(29-30(23)2)17-11-13-18(14-12-17)27-25(32)20-9-5-6-10-21(20)26/h3-4,7-15H,5-6H2,1-2H3,(H,27,32)(H,28,31). The van der Waals surface area contributed by atoms with Gasteiger partial charge in [0.05, 0.1) is 11.3 Å². The van der Waals surface area contributed by atoms with Crippen LogP contribution in [0.5, 0.6) is 0 Å². The second kappa shape index (κ2) is 9.24. The Labute approximate surface area is 191 Å². The van der Waals surface area contributed by atoms with Gasteiger partial charge in [0.15, 0.2) is 0 Å². The molecule has 1 heterocycles. The minimum Gasteiger partial charge on any atom is -0.322 e. The van der Waals surface area contributed by atoms with Crippen molar-refractivity contribution in [2.45, 2.75) is 19.8 Å². The number of carbonyl (C=O) groups excluding carboxylic acids is 2. The molecule has 1 aliphatic rings. The third-order valence-corrected chi connectivity index (χ3v) is 5.65. The van der Waals surface area contributed by atoms with Crippen molar-refractivity contribution in [3.8, 4) is 11.3 Å². The Kier molecular flexibility index (Phi) is 6.23. The lowest BCUT2D eigenvalue weighted by molar-refractivity contribution is -0.112. The van der Waals surface area contributed by atoms with Crippen molar-refractivity contribution < 1.29 is 9.59 Å². The molecule has 6 nitrogen and oxygen atoms in total. The molecule has 2 amide bonds. The van der Waals surface area contributed by atoms with Crippen LogP contribution in [0.25, 0.3) is 11.3 Å². The van der Waals surface area contributed by atoms with E-state index < -0.39 is 0 Å². The van der Waals surface area contributed by atoms with Crippen LogP contribution < -0.4 is 10.6 Å². The number of allylic oxidation sites excluding steroid dienone is 2. The Morgan fingerprint density at radius 3 is 2.41 bits per heavy atom. The van der Waals surface area contributed by atoms with E-state index in [1.54, 1.807) is 17.8 Å². The summed E-state index contributed by atoms with van der Waals surface area (Å²) in [6, 6.07) is 16.6. The average molecular weight is 447 g/mol. The molecule has 0 radical (unpaired) electrons. The molecule has 0 atom stereocenters. The lowest BCUT2D eigenvalue weighted by Crippen LogP contribution is -2.15. The van der Waals surface area contributed by atoms with Gasteiger partial charge in [-0.2, -0.15) is 5.10 Å². The maximum absolute atomic E-state index is 12.6. The van der Waals surface area contributed by atoms with Gasteiger partial charge in [-0.25, -0.2) is 0 Å². The summed E-state index contributed by atoms with van der Waals surface area (Å²) >= 11 is 6.14. The summed E-state index contributed by atoms with van der Waals surface area (Å²) in [6.45, 7) is 1.90. The minimum absolute atomic E-state index is 0.180. The van der Waals surface area contributed by atoms with Gasteiger partial charge in [0, 0.05) is 35.0 Å². The molecule has 1 aromatic heterocycles. The van der Waals surface area contributed by atoms with Crippen molar-refractivity contribution >= 4 is 34.9 Å². The number of hydrogen-bond donors (Lipinski definition) is 2. The molecule has 4 rings (SSSR count). The van der Waals surface area contributed by atoms with Crippen LogP contribution in [-0.4, -0.2) is 21.6 Å². The Balaban J connectivity index is 1.46. The molecule has 0 spiro atoms. The summed E-state index contributed by atoms with van der Waals surface area (Å²) in [5.41, 5.74) is 4.28. The first-order chi connectivity index (χ1) is 15.4. The highest BCUT2D eigenvalue weighted by molar-refractivity contribution is 6.36. The highest BCUT2D eigenvalue weighted by Gasteiger charge is 2.16. The van der Waals surface area contributed by atoms with Crippen molar-refractivity contribution in [2.75, 3.05) is 10.6 Å². The zero-order valence-electron chi connectivity index (χ0n) is 17.9. The highest BCUT2D eigenvalue weighted by Crippen LogP contribution is 2.26. The van der Waals surface area contributed by atoms with Gasteiger partial charge in [-0.1, -0.05) is 54.1 Å². The molecule has 32 heavy (non-hydrogen) atoms. The number of nitrogens with one attached hydrogen (secondary N) is 2. The van der Waals surface area contributed by atoms with Crippen LogP contribution in [0.2, 0.25) is 0 Å². The molecule has 162 valence electrons. The maximum Gasteiger partial charge on any atom is 0.257 e. The van der Waals surface area contributed by atoms with Gasteiger partial charge in [0.25, 0.3) is 11.8 Å². The molecule has 1 aliphatic carbocycles. The number of nitrogens with zero attached hydrogens (tertiary/aromatic N) is 2. The molecule has 0 bridgehead atoms. The minimum atomic E-state index is -0.224. The van der Waals surface area contributed by atoms with E-state index >= 15 is 0 Å². The molecule has 0 aliphatic heterocycles. The Bertz CT molecular complexity index is 1240. The number of carbonyl (C=O) groups is 2. The lowest BCUT2D eigenvalue weighted by atomic mass is 10.1. The van der Waals surface area contributed by atoms with Crippen molar-refractivity contribution in [3.63, 3.8) is 0 Å². The van der Waals surface area contributed by atoms with Gasteiger partial charge in [0.2, 0.25) is 0 Å². The molecular weight excluding hydrogens is 424 g/mol. The molecule has 2 aromatic carbocycles. The van der Waals surface area contributed by atoms with Crippen molar-refractivity contribution in [3.05, 3.63) is 88.5 Å². The average Bonchev–Trinajstić information content (AvgIpc) is 3.15. The van der Waals surface area contributed by atoms with E-state index in [4.69, 9.17) is 11.6 Å². The van der Waals surface area contributed by atoms with E-state index in [0.29, 0.717) is 33.4 Å². The van der Waals surface area contributed by atoms with Gasteiger partial charge in [0.1, 0.15) is 5.82 Å². The third kappa shape index (κ3) is 4.65. The Morgan fingerprint density at radius 1 is 0.969 bits per heavy atom. The van der Waals surface area contributed by atoms with Crippen LogP contribution in [0.15, 0.2) is 77.4 Å². The third-order valence-electron chi connectivity index (χ3n) is 5.29. The van der Waals surface area contributed by atoms with Crippen molar-refractivity contribution in [1.82, 2.24) is 9.78 Å². The summed E-state index contributed by atoms with van der Waals surface area (Å²) in [5.74, 6) is 0.189. The number of benzene rings is 2. The molecule has 0 saturated heterocycles. The maximum atomic E-state index is 12.6. The van der Waals surface area contributed by atoms with Gasteiger partial charge >= 0.3 is 0 Å². The fraction of sp³-hybridized carbons (Fsp3) is 0.160. The van der Waals surface area contributed by atoms with Crippen LogP contribution in [0.1, 0.15) is 28.8 Å². The van der Waals surface area contributed by atoms with Crippen LogP contribution in [-0.2, 0) is 11.8 Å². The van der Waals surface area contributed by atoms with Gasteiger partial charge in [-0.3, -0.25) is 14.3 Å². The molecule has 3 aromatic rings. The molecule has 0 unspecified atom stereocenters. The van der Waals surface area contributed by atoms with Crippen LogP contribution in [0.4, 0.5) is 11.5 Å². The normalized spacial score (nSPS) is 13.2. The summed E-state index contributed by atoms with van der Waals surface area (Å²) in [7, 11) is 1.78. The highest BCUT2D eigenvalue weighted by atomic mass is 35.5. The first kappa shape index (κ1) is 21.6. The number of rotatable bonds is 5. The van der Waals surface area contributed by atoms with E-state index in [2.05, 4.69) is 15.7 Å². The number of aryl methyl sites for hydroxylation is 2. The second-order valence-corrected chi connectivity index (χ2v) is 7.99. The fourth-order valence-electron chi connectivity index (χ4n) is 3.51.